The van der Waals surface area contributed by atoms with Gasteiger partial charge in [0.1, 0.15) is 0 Å². The maximum atomic E-state index is 4.52. The molecule has 0 bridgehead atoms. The van der Waals surface area contributed by atoms with E-state index < -0.39 is 5.31 Å². The van der Waals surface area contributed by atoms with Crippen LogP contribution in [0.2, 0.25) is 0 Å². The van der Waals surface area contributed by atoms with E-state index in [1.165, 1.54) is 27.2 Å². The first-order valence-corrected chi connectivity index (χ1v) is 14.6. The Morgan fingerprint density at radius 2 is 0.933 bits per heavy atom. The molecule has 0 aliphatic rings. The predicted molar refractivity (Wildman–Crippen MR) is 139 cm³/mol. The van der Waals surface area contributed by atoms with Crippen molar-refractivity contribution in [2.24, 2.45) is 0 Å². The first-order chi connectivity index (χ1) is 14.5. The molecule has 0 aromatic heterocycles. The van der Waals surface area contributed by atoms with Crippen molar-refractivity contribution in [3.63, 3.8) is 0 Å². The number of rotatable bonds is 6. The van der Waals surface area contributed by atoms with Gasteiger partial charge in [0.2, 0.25) is 0 Å². The minimum absolute atomic E-state index is 0.914. The molecule has 0 N–H and O–H groups in total. The van der Waals surface area contributed by atoms with Crippen molar-refractivity contribution in [3.8, 4) is 0 Å². The van der Waals surface area contributed by atoms with Crippen LogP contribution in [0.3, 0.4) is 0 Å². The molecular formula is C27H27BrNP. The van der Waals surface area contributed by atoms with Gasteiger partial charge in [0, 0.05) is 0 Å². The Labute approximate surface area is 188 Å². The third-order valence-corrected chi connectivity index (χ3v) is 15.3. The van der Waals surface area contributed by atoms with Crippen molar-refractivity contribution < 1.29 is 0 Å². The van der Waals surface area contributed by atoms with E-state index in [0.29, 0.717) is 0 Å². The average Bonchev–Trinajstić information content (AvgIpc) is 2.81. The Morgan fingerprint density at radius 1 is 0.567 bits per heavy atom. The van der Waals surface area contributed by atoms with E-state index in [9.17, 15) is 0 Å². The van der Waals surface area contributed by atoms with Crippen molar-refractivity contribution in [2.75, 3.05) is 19.0 Å². The molecule has 0 atom stereocenters. The van der Waals surface area contributed by atoms with Crippen LogP contribution in [0.1, 0.15) is 5.56 Å². The standard InChI is InChI=1S/C27H27BrNP/c1-29(2)24-20-18-23(19-21-24)22-30(28,25-12-6-3-7-13-25,26-14-8-4-9-15-26)27-16-10-5-11-17-27/h3-21H,22H2,1-2H3. The van der Waals surface area contributed by atoms with Gasteiger partial charge in [-0.05, 0) is 0 Å². The first kappa shape index (κ1) is 20.8. The van der Waals surface area contributed by atoms with Crippen molar-refractivity contribution in [3.05, 3.63) is 121 Å². The van der Waals surface area contributed by atoms with Crippen LogP contribution < -0.4 is 20.8 Å². The molecule has 4 aromatic rings. The molecule has 4 aromatic carbocycles. The van der Waals surface area contributed by atoms with Crippen LogP contribution in [0.25, 0.3) is 0 Å². The zero-order valence-corrected chi connectivity index (χ0v) is 19.9. The van der Waals surface area contributed by atoms with Crippen LogP contribution in [0.5, 0.6) is 0 Å². The molecule has 0 spiro atoms. The Hall–Kier alpha value is -2.41. The van der Waals surface area contributed by atoms with E-state index in [1.54, 1.807) is 0 Å². The summed E-state index contributed by atoms with van der Waals surface area (Å²) in [5.41, 5.74) is 2.54. The molecule has 1 nitrogen and oxygen atoms in total. The molecule has 0 amide bonds. The Balaban J connectivity index is 2.01. The van der Waals surface area contributed by atoms with Crippen LogP contribution in [-0.4, -0.2) is 14.1 Å². The molecule has 0 radical (unpaired) electrons. The van der Waals surface area contributed by atoms with E-state index in [-0.39, 0.29) is 0 Å². The third kappa shape index (κ3) is 3.60. The molecule has 0 unspecified atom stereocenters. The van der Waals surface area contributed by atoms with Gasteiger partial charge < -0.3 is 0 Å². The topological polar surface area (TPSA) is 3.24 Å². The monoisotopic (exact) mass is 475 g/mol. The summed E-state index contributed by atoms with van der Waals surface area (Å²) in [4.78, 5) is 2.14. The van der Waals surface area contributed by atoms with Gasteiger partial charge in [-0.15, -0.1) is 0 Å². The number of hydrogen-bond donors (Lipinski definition) is 0. The minimum atomic E-state index is -2.93. The molecular weight excluding hydrogens is 449 g/mol. The number of halogens is 1. The fourth-order valence-corrected chi connectivity index (χ4v) is 11.9. The Bertz CT molecular complexity index is 995. The number of benzene rings is 4. The molecule has 0 heterocycles. The molecule has 0 aliphatic heterocycles. The number of hydrogen-bond acceptors (Lipinski definition) is 1. The molecule has 0 saturated carbocycles. The van der Waals surface area contributed by atoms with Crippen molar-refractivity contribution >= 4 is 42.4 Å². The summed E-state index contributed by atoms with van der Waals surface area (Å²) in [6.45, 7) is 0. The van der Waals surface area contributed by atoms with Gasteiger partial charge in [-0.3, -0.25) is 0 Å². The second-order valence-electron chi connectivity index (χ2n) is 7.91. The number of nitrogens with zero attached hydrogens (tertiary/aromatic N) is 1. The fraction of sp³-hybridized carbons (Fsp3) is 0.111. The van der Waals surface area contributed by atoms with Crippen molar-refractivity contribution in [2.45, 2.75) is 6.16 Å². The summed E-state index contributed by atoms with van der Waals surface area (Å²) in [6, 6.07) is 41.8. The SMILES string of the molecule is CN(C)c1ccc(CP(Br)(c2ccccc2)(c2ccccc2)c2ccccc2)cc1. The van der Waals surface area contributed by atoms with Gasteiger partial charge in [0.05, 0.1) is 0 Å². The quantitative estimate of drug-likeness (QED) is 0.305. The van der Waals surface area contributed by atoms with Gasteiger partial charge in [-0.2, -0.15) is 0 Å². The first-order valence-electron chi connectivity index (χ1n) is 10.2. The molecule has 30 heavy (non-hydrogen) atoms. The van der Waals surface area contributed by atoms with E-state index in [2.05, 4.69) is 150 Å². The summed E-state index contributed by atoms with van der Waals surface area (Å²) < 4.78 is 0. The summed E-state index contributed by atoms with van der Waals surface area (Å²) in [5, 5.41) is 1.11. The summed E-state index contributed by atoms with van der Waals surface area (Å²) >= 11 is 4.52. The molecule has 0 fully saturated rings. The van der Waals surface area contributed by atoms with E-state index >= 15 is 0 Å². The maximum absolute atomic E-state index is 4.52. The second kappa shape index (κ2) is 8.38. The normalized spacial score (nSPS) is 12.7. The molecule has 152 valence electrons. The zero-order valence-electron chi connectivity index (χ0n) is 17.4. The van der Waals surface area contributed by atoms with Crippen LogP contribution in [0.4, 0.5) is 5.69 Å². The van der Waals surface area contributed by atoms with Crippen LogP contribution in [0, 0.1) is 0 Å². The average molecular weight is 476 g/mol. The Morgan fingerprint density at radius 3 is 1.27 bits per heavy atom. The fourth-order valence-electron chi connectivity index (χ4n) is 4.18. The van der Waals surface area contributed by atoms with Gasteiger partial charge in [0.15, 0.2) is 0 Å². The summed E-state index contributed by atoms with van der Waals surface area (Å²) in [5.74, 6) is 0. The second-order valence-corrected chi connectivity index (χ2v) is 16.8. The van der Waals surface area contributed by atoms with Gasteiger partial charge in [0.25, 0.3) is 0 Å². The van der Waals surface area contributed by atoms with Gasteiger partial charge in [-0.25, -0.2) is 0 Å². The molecule has 0 saturated heterocycles. The zero-order chi connectivity index (χ0) is 21.1. The number of anilines is 1. The van der Waals surface area contributed by atoms with Gasteiger partial charge >= 0.3 is 188 Å². The van der Waals surface area contributed by atoms with Gasteiger partial charge in [-0.1, -0.05) is 0 Å². The summed E-state index contributed by atoms with van der Waals surface area (Å²) in [7, 11) is 4.16. The molecule has 4 rings (SSSR count). The predicted octanol–water partition coefficient (Wildman–Crippen LogP) is 6.09. The van der Waals surface area contributed by atoms with Crippen LogP contribution in [0.15, 0.2) is 115 Å². The van der Waals surface area contributed by atoms with Crippen molar-refractivity contribution in [1.82, 2.24) is 0 Å². The van der Waals surface area contributed by atoms with Crippen LogP contribution >= 0.6 is 20.8 Å². The molecule has 0 aliphatic carbocycles. The third-order valence-electron chi connectivity index (χ3n) is 5.82. The molecule has 3 heteroatoms. The van der Waals surface area contributed by atoms with Crippen LogP contribution in [-0.2, 0) is 6.16 Å². The Kier molecular flexibility index (Phi) is 5.82. The van der Waals surface area contributed by atoms with E-state index in [0.717, 1.165) is 6.16 Å². The van der Waals surface area contributed by atoms with E-state index in [1.807, 2.05) is 0 Å². The summed E-state index contributed by atoms with van der Waals surface area (Å²) in [6.07, 6.45) is 0.914. The van der Waals surface area contributed by atoms with E-state index in [4.69, 9.17) is 0 Å². The van der Waals surface area contributed by atoms with Crippen molar-refractivity contribution in [1.29, 1.82) is 0 Å².